The van der Waals surface area contributed by atoms with Crippen LogP contribution in [0.1, 0.15) is 67.9 Å². The molecule has 0 saturated heterocycles. The lowest BCUT2D eigenvalue weighted by Gasteiger charge is -2.19. The molecule has 7 aromatic rings. The highest BCUT2D eigenvalue weighted by Gasteiger charge is 2.29. The Bertz CT molecular complexity index is 2920. The first-order valence-electron chi connectivity index (χ1n) is 20.9. The number of nitrogens with zero attached hydrogens (tertiary/aromatic N) is 6. The van der Waals surface area contributed by atoms with Crippen molar-refractivity contribution in [1.82, 2.24) is 29.1 Å². The van der Waals surface area contributed by atoms with Gasteiger partial charge in [-0.2, -0.15) is 0 Å². The molecule has 4 N–H and O–H groups in total. The molecule has 9 rings (SSSR count). The van der Waals surface area contributed by atoms with Crippen molar-refractivity contribution in [3.8, 4) is 34.3 Å². The number of aromatic nitrogens is 6. The lowest BCUT2D eigenvalue weighted by Crippen LogP contribution is -2.17. The topological polar surface area (TPSA) is 170 Å². The molecule has 0 aliphatic heterocycles. The van der Waals surface area contributed by atoms with Crippen LogP contribution in [0.25, 0.3) is 22.8 Å². The van der Waals surface area contributed by atoms with Gasteiger partial charge in [-0.25, -0.2) is 24.7 Å². The Kier molecular flexibility index (Phi) is 12.9. The summed E-state index contributed by atoms with van der Waals surface area (Å²) in [6.45, 7) is 4.22. The summed E-state index contributed by atoms with van der Waals surface area (Å²) >= 11 is 6.90. The highest BCUT2D eigenvalue weighted by atomic mass is 79.9. The molecule has 0 saturated carbocycles. The number of aromatic carboxylic acids is 1. The summed E-state index contributed by atoms with van der Waals surface area (Å²) in [6, 6.07) is 17.6. The maximum Gasteiger partial charge on any atom is 0.337 e. The zero-order valence-corrected chi connectivity index (χ0v) is 39.4. The van der Waals surface area contributed by atoms with E-state index in [2.05, 4.69) is 94.8 Å². The molecule has 328 valence electrons. The molecular weight excluding hydrogens is 942 g/mol. The first kappa shape index (κ1) is 44.1. The molecule has 4 heterocycles. The molecule has 0 fully saturated rings. The second kappa shape index (κ2) is 18.7. The minimum Gasteiger partial charge on any atom is -0.495 e. The van der Waals surface area contributed by atoms with Crippen LogP contribution in [-0.4, -0.2) is 60.3 Å². The third-order valence-corrected chi connectivity index (χ3v) is 12.6. The number of aryl methyl sites for hydroxylation is 6. The van der Waals surface area contributed by atoms with Crippen LogP contribution in [-0.2, 0) is 52.6 Å². The van der Waals surface area contributed by atoms with Crippen LogP contribution >= 0.6 is 31.9 Å². The molecule has 14 nitrogen and oxygen atoms in total. The number of fused-ring (bicyclic) bond motifs is 6. The van der Waals surface area contributed by atoms with Crippen LogP contribution in [0.5, 0.6) is 11.5 Å². The number of carbonyl (C=O) groups excluding carboxylic acids is 1. The van der Waals surface area contributed by atoms with E-state index in [4.69, 9.17) is 14.5 Å². The molecule has 3 aromatic carbocycles. The number of carboxylic acid groups (broad SMARTS) is 1. The fraction of sp³-hybridized carbons (Fsp3) is 0.250. The number of methoxy groups -OCH3 is 2. The van der Waals surface area contributed by atoms with E-state index >= 15 is 0 Å². The highest BCUT2D eigenvalue weighted by molar-refractivity contribution is 9.10. The standard InChI is InChI=1S/C29H30BrN5O2.C19H17BrN4O3/c1-5-17-8-7-9-18(6-2)25(17)33-28(36)22-16-35(3)27-21(22)12-10-19-15-31-29(34-26(19)27)32-23-13-11-20(30)14-24(23)37-4;1-24-9-13(18(25)26)12-5-3-10-8-21-19(23-16(10)17(12)24)22-14-6-4-11(20)7-15(14)27-2/h7-9,11,13-16H,5-6,10,12H2,1-4H3,(H,33,36)(H,31,32,34);4,6-9H,3,5H2,1-2H3,(H,25,26)(H,21,22,23). The van der Waals surface area contributed by atoms with Gasteiger partial charge in [-0.05, 0) is 108 Å². The third-order valence-electron chi connectivity index (χ3n) is 11.6. The van der Waals surface area contributed by atoms with Crippen molar-refractivity contribution in [2.45, 2.75) is 52.4 Å². The van der Waals surface area contributed by atoms with Gasteiger partial charge in [0.1, 0.15) is 11.5 Å². The molecule has 16 heteroatoms. The second-order valence-corrected chi connectivity index (χ2v) is 17.3. The first-order chi connectivity index (χ1) is 30.9. The molecule has 2 aliphatic rings. The fourth-order valence-corrected chi connectivity index (χ4v) is 9.13. The molecule has 0 spiro atoms. The van der Waals surface area contributed by atoms with Crippen molar-refractivity contribution in [3.05, 3.63) is 133 Å². The maximum atomic E-state index is 13.6. The number of amides is 1. The summed E-state index contributed by atoms with van der Waals surface area (Å²) in [7, 11) is 7.04. The van der Waals surface area contributed by atoms with Gasteiger partial charge < -0.3 is 39.7 Å². The van der Waals surface area contributed by atoms with Gasteiger partial charge in [0, 0.05) is 53.5 Å². The number of benzene rings is 3. The van der Waals surface area contributed by atoms with Crippen LogP contribution in [0.15, 0.2) is 88.3 Å². The van der Waals surface area contributed by atoms with E-state index < -0.39 is 5.97 Å². The Balaban J connectivity index is 0.000000184. The van der Waals surface area contributed by atoms with Crippen molar-refractivity contribution in [2.75, 3.05) is 30.2 Å². The zero-order valence-electron chi connectivity index (χ0n) is 36.3. The summed E-state index contributed by atoms with van der Waals surface area (Å²) in [5.41, 5.74) is 13.1. The van der Waals surface area contributed by atoms with Gasteiger partial charge in [0.25, 0.3) is 5.91 Å². The molecular formula is C48H47Br2N9O5. The Labute approximate surface area is 387 Å². The van der Waals surface area contributed by atoms with E-state index in [0.29, 0.717) is 47.4 Å². The van der Waals surface area contributed by atoms with E-state index in [1.165, 1.54) is 0 Å². The highest BCUT2D eigenvalue weighted by Crippen LogP contribution is 2.39. The molecule has 0 radical (unpaired) electrons. The largest absolute Gasteiger partial charge is 0.495 e. The van der Waals surface area contributed by atoms with Gasteiger partial charge >= 0.3 is 5.97 Å². The number of anilines is 5. The lowest BCUT2D eigenvalue weighted by molar-refractivity contribution is 0.0695. The summed E-state index contributed by atoms with van der Waals surface area (Å²) < 4.78 is 16.6. The number of carbonyl (C=O) groups is 2. The van der Waals surface area contributed by atoms with Gasteiger partial charge in [-0.15, -0.1) is 0 Å². The molecule has 1 amide bonds. The smallest absolute Gasteiger partial charge is 0.337 e. The van der Waals surface area contributed by atoms with Crippen LogP contribution in [0.4, 0.5) is 29.0 Å². The van der Waals surface area contributed by atoms with Crippen molar-refractivity contribution in [1.29, 1.82) is 0 Å². The van der Waals surface area contributed by atoms with Crippen molar-refractivity contribution in [3.63, 3.8) is 0 Å². The van der Waals surface area contributed by atoms with E-state index in [-0.39, 0.29) is 5.91 Å². The van der Waals surface area contributed by atoms with Gasteiger partial charge in [-0.1, -0.05) is 63.9 Å². The average Bonchev–Trinajstić information content (AvgIpc) is 3.84. The predicted molar refractivity (Wildman–Crippen MR) is 256 cm³/mol. The van der Waals surface area contributed by atoms with E-state index in [1.54, 1.807) is 26.6 Å². The summed E-state index contributed by atoms with van der Waals surface area (Å²) in [5, 5.41) is 19.2. The van der Waals surface area contributed by atoms with Crippen LogP contribution in [0.2, 0.25) is 0 Å². The first-order valence-corrected chi connectivity index (χ1v) is 22.4. The number of nitrogens with one attached hydrogen (secondary N) is 3. The quantitative estimate of drug-likeness (QED) is 0.0973. The Morgan fingerprint density at radius 3 is 1.62 bits per heavy atom. The number of carboxylic acids is 1. The number of ether oxygens (including phenoxy) is 2. The Morgan fingerprint density at radius 2 is 1.17 bits per heavy atom. The maximum absolute atomic E-state index is 13.6. The number of para-hydroxylation sites is 1. The average molecular weight is 990 g/mol. The molecule has 64 heavy (non-hydrogen) atoms. The van der Waals surface area contributed by atoms with Crippen molar-refractivity contribution in [2.24, 2.45) is 14.1 Å². The normalized spacial score (nSPS) is 12.1. The van der Waals surface area contributed by atoms with Crippen LogP contribution in [0.3, 0.4) is 0 Å². The van der Waals surface area contributed by atoms with Crippen molar-refractivity contribution < 1.29 is 24.2 Å². The Morgan fingerprint density at radius 1 is 0.703 bits per heavy atom. The van der Waals surface area contributed by atoms with Gasteiger partial charge in [0.2, 0.25) is 11.9 Å². The summed E-state index contributed by atoms with van der Waals surface area (Å²) in [5.74, 6) is 1.26. The predicted octanol–water partition coefficient (Wildman–Crippen LogP) is 10.3. The van der Waals surface area contributed by atoms with Crippen LogP contribution in [0, 0.1) is 0 Å². The van der Waals surface area contributed by atoms with Gasteiger partial charge in [-0.3, -0.25) is 4.79 Å². The third kappa shape index (κ3) is 8.71. The fourth-order valence-electron chi connectivity index (χ4n) is 8.45. The number of halogens is 2. The van der Waals surface area contributed by atoms with E-state index in [1.807, 2.05) is 72.0 Å². The zero-order chi connectivity index (χ0) is 45.2. The molecule has 2 aliphatic carbocycles. The SMILES string of the molecule is CCc1cccc(CC)c1NC(=O)c1cn(C)c2c1CCc1cnc(Nc3ccc(Br)cc3OC)nc1-2.COc1cc(Br)ccc1Nc1ncc2c(n1)-c1c(c(C(=O)O)cn1C)CC2. The van der Waals surface area contributed by atoms with Crippen LogP contribution < -0.4 is 25.4 Å². The molecule has 0 bridgehead atoms. The van der Waals surface area contributed by atoms with E-state index in [0.717, 1.165) is 108 Å². The molecule has 0 atom stereocenters. The number of hydrogen-bond donors (Lipinski definition) is 4. The second-order valence-electron chi connectivity index (χ2n) is 15.5. The monoisotopic (exact) mass is 987 g/mol. The molecule has 4 aromatic heterocycles. The number of rotatable bonds is 11. The minimum absolute atomic E-state index is 0.0806. The minimum atomic E-state index is -0.915. The summed E-state index contributed by atoms with van der Waals surface area (Å²) in [4.78, 5) is 43.6. The van der Waals surface area contributed by atoms with Gasteiger partial charge in [0.05, 0.1) is 59.5 Å². The summed E-state index contributed by atoms with van der Waals surface area (Å²) in [6.07, 6.45) is 11.9. The molecule has 0 unspecified atom stereocenters. The Hall–Kier alpha value is -6.52. The lowest BCUT2D eigenvalue weighted by atomic mass is 9.92. The van der Waals surface area contributed by atoms with Gasteiger partial charge in [0.15, 0.2) is 0 Å². The van der Waals surface area contributed by atoms with E-state index in [9.17, 15) is 14.7 Å². The van der Waals surface area contributed by atoms with Crippen molar-refractivity contribution >= 4 is 72.7 Å². The number of hydrogen-bond acceptors (Lipinski definition) is 10.